The van der Waals surface area contributed by atoms with Gasteiger partial charge in [-0.1, -0.05) is 18.2 Å². The highest BCUT2D eigenvalue weighted by Gasteiger charge is 2.09. The Hall–Kier alpha value is -2.82. The van der Waals surface area contributed by atoms with Crippen molar-refractivity contribution in [2.45, 2.75) is 20.3 Å². The van der Waals surface area contributed by atoms with Gasteiger partial charge >= 0.3 is 0 Å². The molecule has 2 heterocycles. The average molecular weight is 336 g/mol. The molecule has 5 heteroatoms. The number of rotatable bonds is 7. The Morgan fingerprint density at radius 1 is 1.16 bits per heavy atom. The summed E-state index contributed by atoms with van der Waals surface area (Å²) in [7, 11) is 0. The number of benzene rings is 1. The van der Waals surface area contributed by atoms with Gasteiger partial charge in [0.25, 0.3) is 5.91 Å². The number of aromatic amines is 1. The van der Waals surface area contributed by atoms with E-state index in [4.69, 9.17) is 0 Å². The number of nitrogens with one attached hydrogen (secondary N) is 2. The molecule has 2 N–H and O–H groups in total. The number of pyridine rings is 1. The topological polar surface area (TPSA) is 61.0 Å². The minimum Gasteiger partial charge on any atom is -0.361 e. The first-order valence-corrected chi connectivity index (χ1v) is 8.77. The molecule has 25 heavy (non-hydrogen) atoms. The third-order valence-electron chi connectivity index (χ3n) is 4.45. The second kappa shape index (κ2) is 7.83. The summed E-state index contributed by atoms with van der Waals surface area (Å²) in [6, 6.07) is 11.9. The van der Waals surface area contributed by atoms with Crippen LogP contribution in [0.5, 0.6) is 0 Å². The molecule has 0 aliphatic rings. The van der Waals surface area contributed by atoms with Crippen molar-refractivity contribution in [1.29, 1.82) is 0 Å². The third kappa shape index (κ3) is 3.82. The average Bonchev–Trinajstić information content (AvgIpc) is 3.06. The van der Waals surface area contributed by atoms with E-state index < -0.39 is 0 Å². The minimum absolute atomic E-state index is 0.0848. The summed E-state index contributed by atoms with van der Waals surface area (Å²) in [5.74, 6) is 0.818. The van der Waals surface area contributed by atoms with Crippen LogP contribution in [0.4, 0.5) is 5.82 Å². The highest BCUT2D eigenvalue weighted by atomic mass is 16.1. The van der Waals surface area contributed by atoms with Gasteiger partial charge in [-0.2, -0.15) is 0 Å². The van der Waals surface area contributed by atoms with E-state index in [1.807, 2.05) is 30.5 Å². The molecule has 5 nitrogen and oxygen atoms in total. The van der Waals surface area contributed by atoms with Crippen LogP contribution >= 0.6 is 0 Å². The van der Waals surface area contributed by atoms with Crippen molar-refractivity contribution in [2.75, 3.05) is 24.5 Å². The molecular weight excluding hydrogens is 312 g/mol. The number of H-pyrrole nitrogens is 1. The fourth-order valence-electron chi connectivity index (χ4n) is 3.01. The van der Waals surface area contributed by atoms with Gasteiger partial charge in [0.2, 0.25) is 0 Å². The van der Waals surface area contributed by atoms with E-state index >= 15 is 0 Å². The van der Waals surface area contributed by atoms with Gasteiger partial charge in [-0.15, -0.1) is 0 Å². The van der Waals surface area contributed by atoms with Gasteiger partial charge in [0.15, 0.2) is 0 Å². The molecule has 130 valence electrons. The van der Waals surface area contributed by atoms with Crippen LogP contribution < -0.4 is 10.2 Å². The van der Waals surface area contributed by atoms with Gasteiger partial charge in [-0.05, 0) is 44.0 Å². The lowest BCUT2D eigenvalue weighted by Crippen LogP contribution is -2.26. The molecule has 2 aromatic heterocycles. The van der Waals surface area contributed by atoms with Crippen LogP contribution in [0, 0.1) is 0 Å². The SMILES string of the molecule is CCN(CC)c1ccc(C(=O)NCCc2c[nH]c3ccccc23)cn1. The number of nitrogens with zero attached hydrogens (tertiary/aromatic N) is 2. The van der Waals surface area contributed by atoms with Crippen molar-refractivity contribution >= 4 is 22.6 Å². The fourth-order valence-corrected chi connectivity index (χ4v) is 3.01. The number of hydrogen-bond acceptors (Lipinski definition) is 3. The number of fused-ring (bicyclic) bond motifs is 1. The first kappa shape index (κ1) is 17.0. The maximum Gasteiger partial charge on any atom is 0.252 e. The van der Waals surface area contributed by atoms with E-state index in [1.165, 1.54) is 10.9 Å². The molecule has 0 spiro atoms. The molecule has 0 aliphatic heterocycles. The van der Waals surface area contributed by atoms with Crippen molar-refractivity contribution in [3.8, 4) is 0 Å². The van der Waals surface area contributed by atoms with Crippen molar-refractivity contribution in [2.24, 2.45) is 0 Å². The number of aromatic nitrogens is 2. The molecule has 0 saturated heterocycles. The quantitative estimate of drug-likeness (QED) is 0.695. The lowest BCUT2D eigenvalue weighted by Gasteiger charge is -2.19. The number of para-hydroxylation sites is 1. The van der Waals surface area contributed by atoms with Crippen LogP contribution in [-0.2, 0) is 6.42 Å². The zero-order valence-electron chi connectivity index (χ0n) is 14.7. The van der Waals surface area contributed by atoms with Crippen molar-refractivity contribution < 1.29 is 4.79 Å². The summed E-state index contributed by atoms with van der Waals surface area (Å²) in [5, 5.41) is 4.18. The Balaban J connectivity index is 1.57. The largest absolute Gasteiger partial charge is 0.361 e. The van der Waals surface area contributed by atoms with E-state index in [9.17, 15) is 4.79 Å². The van der Waals surface area contributed by atoms with Gasteiger partial charge in [0.05, 0.1) is 5.56 Å². The van der Waals surface area contributed by atoms with Crippen molar-refractivity contribution in [3.05, 3.63) is 59.9 Å². The van der Waals surface area contributed by atoms with E-state index in [2.05, 4.69) is 46.2 Å². The van der Waals surface area contributed by atoms with Gasteiger partial charge in [0.1, 0.15) is 5.82 Å². The zero-order valence-corrected chi connectivity index (χ0v) is 14.7. The maximum absolute atomic E-state index is 12.3. The van der Waals surface area contributed by atoms with Gasteiger partial charge in [0, 0.05) is 42.9 Å². The van der Waals surface area contributed by atoms with Crippen molar-refractivity contribution in [3.63, 3.8) is 0 Å². The second-order valence-corrected chi connectivity index (χ2v) is 5.94. The lowest BCUT2D eigenvalue weighted by atomic mass is 10.1. The normalized spacial score (nSPS) is 10.8. The van der Waals surface area contributed by atoms with E-state index in [0.717, 1.165) is 30.8 Å². The molecule has 0 bridgehead atoms. The van der Waals surface area contributed by atoms with Crippen LogP contribution in [0.25, 0.3) is 10.9 Å². The summed E-state index contributed by atoms with van der Waals surface area (Å²) in [5.41, 5.74) is 2.93. The number of anilines is 1. The number of hydrogen-bond donors (Lipinski definition) is 2. The smallest absolute Gasteiger partial charge is 0.252 e. The van der Waals surface area contributed by atoms with Crippen LogP contribution in [0.2, 0.25) is 0 Å². The molecule has 0 saturated carbocycles. The molecule has 1 aromatic carbocycles. The van der Waals surface area contributed by atoms with Gasteiger partial charge in [-0.25, -0.2) is 4.98 Å². The number of carbonyl (C=O) groups is 1. The molecular formula is C20H24N4O. The highest BCUT2D eigenvalue weighted by Crippen LogP contribution is 2.17. The number of carbonyl (C=O) groups excluding carboxylic acids is 1. The first-order chi connectivity index (χ1) is 12.2. The summed E-state index contributed by atoms with van der Waals surface area (Å²) < 4.78 is 0. The van der Waals surface area contributed by atoms with Crippen LogP contribution in [-0.4, -0.2) is 35.5 Å². The van der Waals surface area contributed by atoms with Gasteiger partial charge in [-0.3, -0.25) is 4.79 Å². The number of amides is 1. The predicted molar refractivity (Wildman–Crippen MR) is 102 cm³/mol. The Morgan fingerprint density at radius 2 is 1.96 bits per heavy atom. The monoisotopic (exact) mass is 336 g/mol. The zero-order chi connectivity index (χ0) is 17.6. The van der Waals surface area contributed by atoms with E-state index in [1.54, 1.807) is 6.20 Å². The molecule has 0 atom stereocenters. The summed E-state index contributed by atoms with van der Waals surface area (Å²) in [6.45, 7) is 6.59. The molecule has 1 amide bonds. The third-order valence-corrected chi connectivity index (χ3v) is 4.45. The molecule has 0 radical (unpaired) electrons. The summed E-state index contributed by atoms with van der Waals surface area (Å²) >= 11 is 0. The van der Waals surface area contributed by atoms with E-state index in [0.29, 0.717) is 12.1 Å². The molecule has 0 aliphatic carbocycles. The Morgan fingerprint density at radius 3 is 2.68 bits per heavy atom. The Labute approximate surface area is 148 Å². The Bertz CT molecular complexity index is 834. The highest BCUT2D eigenvalue weighted by molar-refractivity contribution is 5.94. The predicted octanol–water partition coefficient (Wildman–Crippen LogP) is 3.38. The fraction of sp³-hybridized carbons (Fsp3) is 0.300. The summed E-state index contributed by atoms with van der Waals surface area (Å²) in [6.07, 6.45) is 4.45. The Kier molecular flexibility index (Phi) is 5.33. The maximum atomic E-state index is 12.3. The lowest BCUT2D eigenvalue weighted by molar-refractivity contribution is 0.0954. The first-order valence-electron chi connectivity index (χ1n) is 8.77. The standard InChI is InChI=1S/C20H24N4O/c1-3-24(4-2)19-10-9-16(14-23-19)20(25)21-12-11-15-13-22-18-8-6-5-7-17(15)18/h5-10,13-14,22H,3-4,11-12H2,1-2H3,(H,21,25). The molecule has 0 fully saturated rings. The van der Waals surface area contributed by atoms with Gasteiger partial charge < -0.3 is 15.2 Å². The van der Waals surface area contributed by atoms with Crippen molar-refractivity contribution in [1.82, 2.24) is 15.3 Å². The molecule has 3 rings (SSSR count). The second-order valence-electron chi connectivity index (χ2n) is 5.94. The van der Waals surface area contributed by atoms with Crippen LogP contribution in [0.1, 0.15) is 29.8 Å². The summed E-state index contributed by atoms with van der Waals surface area (Å²) in [4.78, 5) is 22.1. The van der Waals surface area contributed by atoms with Crippen LogP contribution in [0.15, 0.2) is 48.8 Å². The molecule has 3 aromatic rings. The van der Waals surface area contributed by atoms with Crippen LogP contribution in [0.3, 0.4) is 0 Å². The molecule has 0 unspecified atom stereocenters. The minimum atomic E-state index is -0.0848. The van der Waals surface area contributed by atoms with E-state index in [-0.39, 0.29) is 5.91 Å².